The van der Waals surface area contributed by atoms with Gasteiger partial charge < -0.3 is 9.47 Å². The summed E-state index contributed by atoms with van der Waals surface area (Å²) in [7, 11) is 0.730. The fourth-order valence-corrected chi connectivity index (χ4v) is 2.39. The molecule has 0 aliphatic heterocycles. The van der Waals surface area contributed by atoms with E-state index in [1.807, 2.05) is 0 Å². The van der Waals surface area contributed by atoms with Gasteiger partial charge in [-0.05, 0) is 19.9 Å². The summed E-state index contributed by atoms with van der Waals surface area (Å²) in [6.07, 6.45) is -12.2. The largest absolute Gasteiger partial charge is 0.491 e. The van der Waals surface area contributed by atoms with Gasteiger partial charge in [0.1, 0.15) is 5.75 Å². The number of rotatable bonds is 9. The molecule has 0 fully saturated rings. The molecule has 0 spiro atoms. The van der Waals surface area contributed by atoms with Gasteiger partial charge in [-0.15, -0.1) is 0 Å². The molecule has 0 N–H and O–H groups in total. The van der Waals surface area contributed by atoms with Gasteiger partial charge in [-0.2, -0.15) is 48.3 Å². The molecular weight excluding hydrogens is 445 g/mol. The van der Waals surface area contributed by atoms with Crippen LogP contribution in [0.2, 0.25) is 0 Å². The van der Waals surface area contributed by atoms with Gasteiger partial charge in [-0.1, -0.05) is 18.2 Å². The van der Waals surface area contributed by atoms with Crippen LogP contribution in [0.4, 0.5) is 48.3 Å². The van der Waals surface area contributed by atoms with Crippen LogP contribution in [0.5, 0.6) is 5.75 Å². The van der Waals surface area contributed by atoms with E-state index < -0.39 is 48.5 Å². The quantitative estimate of drug-likeness (QED) is 0.383. The zero-order chi connectivity index (χ0) is 23.8. The highest BCUT2D eigenvalue weighted by Crippen LogP contribution is 2.58. The summed E-state index contributed by atoms with van der Waals surface area (Å²) < 4.78 is 155. The molecule has 1 aromatic rings. The predicted octanol–water partition coefficient (Wildman–Crippen LogP) is 6.65. The summed E-state index contributed by atoms with van der Waals surface area (Å²) in [6.45, 7) is 3.03. The first-order valence-corrected chi connectivity index (χ1v) is 8.20. The van der Waals surface area contributed by atoms with Crippen LogP contribution in [0.3, 0.4) is 0 Å². The lowest BCUT2D eigenvalue weighted by molar-refractivity contribution is -0.423. The van der Waals surface area contributed by atoms with Crippen molar-refractivity contribution in [3.05, 3.63) is 29.8 Å². The van der Waals surface area contributed by atoms with E-state index in [1.165, 1.54) is 32.0 Å². The zero-order valence-electron chi connectivity index (χ0n) is 15.6. The molecular formula is C17H17F11O2. The first kappa shape index (κ1) is 26.2. The van der Waals surface area contributed by atoms with Gasteiger partial charge in [0, 0.05) is 19.1 Å². The summed E-state index contributed by atoms with van der Waals surface area (Å²) in [6, 6.07) is 4.86. The minimum atomic E-state index is -7.45. The van der Waals surface area contributed by atoms with Crippen molar-refractivity contribution in [3.8, 4) is 5.75 Å². The summed E-state index contributed by atoms with van der Waals surface area (Å²) in [5.41, 5.74) is -0.324. The first-order chi connectivity index (χ1) is 13.3. The molecule has 0 radical (unpaired) electrons. The number of hydrogen-bond donors (Lipinski definition) is 0. The highest BCUT2D eigenvalue weighted by Gasteiger charge is 2.87. The van der Waals surface area contributed by atoms with Crippen LogP contribution in [0, 0.1) is 0 Å². The first-order valence-electron chi connectivity index (χ1n) is 8.20. The van der Waals surface area contributed by atoms with Gasteiger partial charge in [0.25, 0.3) is 0 Å². The normalized spacial score (nSPS) is 15.4. The second kappa shape index (κ2) is 8.39. The Bertz CT molecular complexity index is 714. The van der Waals surface area contributed by atoms with Gasteiger partial charge in [-0.25, -0.2) is 0 Å². The van der Waals surface area contributed by atoms with E-state index in [9.17, 15) is 48.3 Å². The Kier molecular flexibility index (Phi) is 7.34. The summed E-state index contributed by atoms with van der Waals surface area (Å²) in [5.74, 6) is -28.1. The maximum atomic E-state index is 14.1. The van der Waals surface area contributed by atoms with E-state index in [2.05, 4.69) is 4.74 Å². The smallest absolute Gasteiger partial charge is 0.460 e. The lowest BCUT2D eigenvalue weighted by atomic mass is 9.92. The number of ether oxygens (including phenoxy) is 2. The van der Waals surface area contributed by atoms with Crippen molar-refractivity contribution in [1.29, 1.82) is 0 Å². The number of alkyl halides is 11. The Morgan fingerprint density at radius 2 is 1.27 bits per heavy atom. The van der Waals surface area contributed by atoms with Crippen molar-refractivity contribution in [2.24, 2.45) is 0 Å². The Labute approximate surface area is 163 Å². The monoisotopic (exact) mass is 462 g/mol. The van der Waals surface area contributed by atoms with E-state index in [0.29, 0.717) is 0 Å². The molecule has 0 heterocycles. The lowest BCUT2D eigenvalue weighted by Crippen LogP contribution is -2.66. The minimum absolute atomic E-state index is 0.161. The molecule has 174 valence electrons. The number of hydrogen-bond acceptors (Lipinski definition) is 2. The molecule has 0 aromatic heterocycles. The average molecular weight is 462 g/mol. The number of halogens is 11. The van der Waals surface area contributed by atoms with Crippen LogP contribution >= 0.6 is 0 Å². The maximum absolute atomic E-state index is 14.1. The van der Waals surface area contributed by atoms with Crippen molar-refractivity contribution in [2.75, 3.05) is 7.11 Å². The fourth-order valence-electron chi connectivity index (χ4n) is 2.39. The molecule has 0 amide bonds. The van der Waals surface area contributed by atoms with Crippen LogP contribution in [0.1, 0.15) is 31.9 Å². The molecule has 30 heavy (non-hydrogen) atoms. The third-order valence-corrected chi connectivity index (χ3v) is 3.96. The molecule has 0 saturated carbocycles. The van der Waals surface area contributed by atoms with Crippen LogP contribution < -0.4 is 4.74 Å². The van der Waals surface area contributed by atoms with Gasteiger partial charge in [0.15, 0.2) is 0 Å². The second-order valence-corrected chi connectivity index (χ2v) is 6.56. The van der Waals surface area contributed by atoms with Crippen LogP contribution in [-0.2, 0) is 4.74 Å². The second-order valence-electron chi connectivity index (χ2n) is 6.56. The third-order valence-electron chi connectivity index (χ3n) is 3.96. The zero-order valence-corrected chi connectivity index (χ0v) is 15.6. The molecule has 13 heteroatoms. The maximum Gasteiger partial charge on any atom is 0.460 e. The van der Waals surface area contributed by atoms with Gasteiger partial charge >= 0.3 is 29.9 Å². The summed E-state index contributed by atoms with van der Waals surface area (Å²) in [5, 5.41) is 0. The molecule has 1 unspecified atom stereocenters. The van der Waals surface area contributed by atoms with Crippen LogP contribution in [-0.4, -0.2) is 43.1 Å². The Morgan fingerprint density at radius 1 is 0.767 bits per heavy atom. The highest BCUT2D eigenvalue weighted by molar-refractivity contribution is 5.35. The van der Waals surface area contributed by atoms with E-state index in [-0.39, 0.29) is 11.3 Å². The molecule has 2 nitrogen and oxygen atoms in total. The van der Waals surface area contributed by atoms with E-state index >= 15 is 0 Å². The molecule has 1 atom stereocenters. The van der Waals surface area contributed by atoms with Crippen LogP contribution in [0.15, 0.2) is 24.3 Å². The predicted molar refractivity (Wildman–Crippen MR) is 82.4 cm³/mol. The average Bonchev–Trinajstić information content (AvgIpc) is 2.58. The summed E-state index contributed by atoms with van der Waals surface area (Å²) >= 11 is 0. The van der Waals surface area contributed by atoms with Crippen molar-refractivity contribution in [3.63, 3.8) is 0 Å². The number of benzene rings is 1. The number of para-hydroxylation sites is 1. The Morgan fingerprint density at radius 3 is 1.70 bits per heavy atom. The van der Waals surface area contributed by atoms with Crippen molar-refractivity contribution < 1.29 is 57.8 Å². The molecule has 0 saturated heterocycles. The molecule has 1 rings (SSSR count). The molecule has 0 aliphatic rings. The van der Waals surface area contributed by atoms with Gasteiger partial charge in [-0.3, -0.25) is 0 Å². The van der Waals surface area contributed by atoms with Gasteiger partial charge in [0.2, 0.25) is 0 Å². The standard InChI is InChI=1S/C17H17F11O2/c1-9(2)30-11-7-5-4-6-10(11)12(29-3)8-13(18,19)14(20,21)15(22,23)16(24,25)17(26,27)28/h4-7,9,12H,8H2,1-3H3. The van der Waals surface area contributed by atoms with Crippen molar-refractivity contribution in [1.82, 2.24) is 0 Å². The van der Waals surface area contributed by atoms with E-state index in [1.54, 1.807) is 0 Å². The molecule has 1 aromatic carbocycles. The SMILES string of the molecule is COC(CC(F)(F)C(F)(F)C(F)(F)C(F)(F)C(F)(F)F)c1ccccc1OC(C)C. The molecule has 0 bridgehead atoms. The fraction of sp³-hybridized carbons (Fsp3) is 0.647. The van der Waals surface area contributed by atoms with E-state index in [4.69, 9.17) is 4.74 Å². The van der Waals surface area contributed by atoms with Gasteiger partial charge in [0.05, 0.1) is 12.2 Å². The minimum Gasteiger partial charge on any atom is -0.491 e. The highest BCUT2D eigenvalue weighted by atomic mass is 19.4. The Hall–Kier alpha value is -1.79. The molecule has 0 aliphatic carbocycles. The summed E-state index contributed by atoms with van der Waals surface area (Å²) in [4.78, 5) is 0. The van der Waals surface area contributed by atoms with Crippen molar-refractivity contribution >= 4 is 0 Å². The van der Waals surface area contributed by atoms with E-state index in [0.717, 1.165) is 13.2 Å². The number of methoxy groups -OCH3 is 1. The topological polar surface area (TPSA) is 18.5 Å². The lowest BCUT2D eigenvalue weighted by Gasteiger charge is -2.38. The van der Waals surface area contributed by atoms with Crippen molar-refractivity contribution in [2.45, 2.75) is 62.3 Å². The third kappa shape index (κ3) is 4.59. The van der Waals surface area contributed by atoms with Crippen LogP contribution in [0.25, 0.3) is 0 Å². The Balaban J connectivity index is 3.37.